The van der Waals surface area contributed by atoms with Crippen molar-refractivity contribution in [2.75, 3.05) is 37.7 Å². The predicted octanol–water partition coefficient (Wildman–Crippen LogP) is 2.68. The molecule has 1 aromatic rings. The van der Waals surface area contributed by atoms with Gasteiger partial charge in [0, 0.05) is 37.0 Å². The van der Waals surface area contributed by atoms with E-state index < -0.39 is 0 Å². The Morgan fingerprint density at radius 1 is 1.33 bits per heavy atom. The molecule has 0 unspecified atom stereocenters. The molecule has 1 saturated heterocycles. The molecule has 100 valence electrons. The first-order valence-corrected chi connectivity index (χ1v) is 7.01. The maximum Gasteiger partial charge on any atom is 0.0641 e. The van der Waals surface area contributed by atoms with Crippen LogP contribution in [0.1, 0.15) is 18.9 Å². The third-order valence-corrected chi connectivity index (χ3v) is 3.41. The number of benzene rings is 1. The van der Waals surface area contributed by atoms with E-state index in [0.29, 0.717) is 0 Å². The summed E-state index contributed by atoms with van der Waals surface area (Å²) in [4.78, 5) is 2.38. The lowest BCUT2D eigenvalue weighted by atomic mass is 10.1. The third-order valence-electron chi connectivity index (χ3n) is 3.18. The van der Waals surface area contributed by atoms with Crippen molar-refractivity contribution in [3.05, 3.63) is 28.8 Å². The Hall–Kier alpha value is -0.770. The van der Waals surface area contributed by atoms with Crippen LogP contribution < -0.4 is 10.2 Å². The Kier molecular flexibility index (Phi) is 5.29. The Morgan fingerprint density at radius 3 is 3.06 bits per heavy atom. The van der Waals surface area contributed by atoms with Gasteiger partial charge in [0.1, 0.15) is 0 Å². The second kappa shape index (κ2) is 6.98. The molecule has 0 aliphatic carbocycles. The van der Waals surface area contributed by atoms with Crippen molar-refractivity contribution in [1.29, 1.82) is 0 Å². The molecular formula is C14H21ClN2O. The van der Waals surface area contributed by atoms with E-state index in [1.807, 2.05) is 6.07 Å². The van der Waals surface area contributed by atoms with Crippen LogP contribution in [-0.4, -0.2) is 32.8 Å². The van der Waals surface area contributed by atoms with Crippen molar-refractivity contribution < 1.29 is 4.74 Å². The summed E-state index contributed by atoms with van der Waals surface area (Å²) in [5.74, 6) is 0. The number of hydrogen-bond acceptors (Lipinski definition) is 3. The van der Waals surface area contributed by atoms with Crippen LogP contribution in [0.5, 0.6) is 0 Å². The fourth-order valence-corrected chi connectivity index (χ4v) is 2.39. The molecule has 1 aliphatic heterocycles. The molecule has 0 bridgehead atoms. The lowest BCUT2D eigenvalue weighted by molar-refractivity contribution is 0.152. The third kappa shape index (κ3) is 3.61. The standard InChI is InChI=1S/C14H21ClN2O/c1-2-16-11-12-4-5-13(15)10-14(12)17-6-3-8-18-9-7-17/h4-5,10,16H,2-3,6-9,11H2,1H3. The van der Waals surface area contributed by atoms with Crippen molar-refractivity contribution in [2.24, 2.45) is 0 Å². The molecule has 0 radical (unpaired) electrons. The smallest absolute Gasteiger partial charge is 0.0641 e. The summed E-state index contributed by atoms with van der Waals surface area (Å²) < 4.78 is 5.51. The Balaban J connectivity index is 2.19. The molecule has 1 fully saturated rings. The van der Waals surface area contributed by atoms with Gasteiger partial charge in [-0.2, -0.15) is 0 Å². The van der Waals surface area contributed by atoms with E-state index in [-0.39, 0.29) is 0 Å². The predicted molar refractivity (Wildman–Crippen MR) is 76.5 cm³/mol. The summed E-state index contributed by atoms with van der Waals surface area (Å²) in [5.41, 5.74) is 2.55. The summed E-state index contributed by atoms with van der Waals surface area (Å²) in [6, 6.07) is 6.15. The van der Waals surface area contributed by atoms with E-state index in [4.69, 9.17) is 16.3 Å². The topological polar surface area (TPSA) is 24.5 Å². The Bertz CT molecular complexity index is 376. The maximum absolute atomic E-state index is 6.13. The van der Waals surface area contributed by atoms with Crippen LogP contribution >= 0.6 is 11.6 Å². The molecule has 0 amide bonds. The van der Waals surface area contributed by atoms with Crippen LogP contribution in [0.4, 0.5) is 5.69 Å². The normalized spacial score (nSPS) is 16.7. The quantitative estimate of drug-likeness (QED) is 0.909. The monoisotopic (exact) mass is 268 g/mol. The summed E-state index contributed by atoms with van der Waals surface area (Å²) >= 11 is 6.13. The van der Waals surface area contributed by atoms with Crippen molar-refractivity contribution in [1.82, 2.24) is 5.32 Å². The number of halogens is 1. The molecule has 4 heteroatoms. The zero-order valence-corrected chi connectivity index (χ0v) is 11.7. The van der Waals surface area contributed by atoms with Gasteiger partial charge in [-0.15, -0.1) is 0 Å². The molecule has 3 nitrogen and oxygen atoms in total. The number of ether oxygens (including phenoxy) is 1. The van der Waals surface area contributed by atoms with Crippen LogP contribution in [0.2, 0.25) is 5.02 Å². The van der Waals surface area contributed by atoms with Crippen molar-refractivity contribution >= 4 is 17.3 Å². The van der Waals surface area contributed by atoms with E-state index in [2.05, 4.69) is 29.3 Å². The largest absolute Gasteiger partial charge is 0.380 e. The van der Waals surface area contributed by atoms with E-state index in [1.165, 1.54) is 11.3 Å². The number of nitrogens with zero attached hydrogens (tertiary/aromatic N) is 1. The van der Waals surface area contributed by atoms with Crippen LogP contribution in [0.25, 0.3) is 0 Å². The molecule has 0 spiro atoms. The lowest BCUT2D eigenvalue weighted by Crippen LogP contribution is -2.27. The van der Waals surface area contributed by atoms with Gasteiger partial charge in [0.05, 0.1) is 6.61 Å². The molecule has 0 aromatic heterocycles. The van der Waals surface area contributed by atoms with Crippen molar-refractivity contribution in [2.45, 2.75) is 19.9 Å². The van der Waals surface area contributed by atoms with Crippen molar-refractivity contribution in [3.8, 4) is 0 Å². The first kappa shape index (κ1) is 13.7. The fourth-order valence-electron chi connectivity index (χ4n) is 2.23. The van der Waals surface area contributed by atoms with E-state index in [9.17, 15) is 0 Å². The molecule has 1 aromatic carbocycles. The minimum Gasteiger partial charge on any atom is -0.380 e. The number of hydrogen-bond donors (Lipinski definition) is 1. The molecule has 1 heterocycles. The number of rotatable bonds is 4. The minimum atomic E-state index is 0.799. The average Bonchev–Trinajstić information content (AvgIpc) is 2.66. The van der Waals surface area contributed by atoms with Gasteiger partial charge in [-0.05, 0) is 30.7 Å². The highest BCUT2D eigenvalue weighted by Crippen LogP contribution is 2.25. The summed E-state index contributed by atoms with van der Waals surface area (Å²) in [6.45, 7) is 7.63. The van der Waals surface area contributed by atoms with E-state index in [0.717, 1.165) is 50.8 Å². The lowest BCUT2D eigenvalue weighted by Gasteiger charge is -2.25. The van der Waals surface area contributed by atoms with Crippen LogP contribution in [0, 0.1) is 0 Å². The molecule has 1 N–H and O–H groups in total. The van der Waals surface area contributed by atoms with Gasteiger partial charge in [-0.25, -0.2) is 0 Å². The molecule has 18 heavy (non-hydrogen) atoms. The number of nitrogens with one attached hydrogen (secondary N) is 1. The van der Waals surface area contributed by atoms with Gasteiger partial charge >= 0.3 is 0 Å². The highest BCUT2D eigenvalue weighted by Gasteiger charge is 2.14. The molecule has 2 rings (SSSR count). The van der Waals surface area contributed by atoms with Gasteiger partial charge in [-0.1, -0.05) is 24.6 Å². The van der Waals surface area contributed by atoms with E-state index >= 15 is 0 Å². The molecular weight excluding hydrogens is 248 g/mol. The van der Waals surface area contributed by atoms with Gasteiger partial charge in [-0.3, -0.25) is 0 Å². The fraction of sp³-hybridized carbons (Fsp3) is 0.571. The SMILES string of the molecule is CCNCc1ccc(Cl)cc1N1CCCOCC1. The molecule has 0 atom stereocenters. The minimum absolute atomic E-state index is 0.799. The number of anilines is 1. The van der Waals surface area contributed by atoms with Crippen LogP contribution in [0.15, 0.2) is 18.2 Å². The zero-order valence-electron chi connectivity index (χ0n) is 10.9. The maximum atomic E-state index is 6.13. The Labute approximate surface area is 114 Å². The second-order valence-corrected chi connectivity index (χ2v) is 4.94. The van der Waals surface area contributed by atoms with Crippen molar-refractivity contribution in [3.63, 3.8) is 0 Å². The summed E-state index contributed by atoms with van der Waals surface area (Å²) in [6.07, 6.45) is 1.08. The first-order chi connectivity index (χ1) is 8.81. The van der Waals surface area contributed by atoms with Gasteiger partial charge in [0.25, 0.3) is 0 Å². The summed E-state index contributed by atoms with van der Waals surface area (Å²) in [5, 5.41) is 4.18. The molecule has 0 saturated carbocycles. The van der Waals surface area contributed by atoms with Gasteiger partial charge < -0.3 is 15.0 Å². The van der Waals surface area contributed by atoms with Crippen LogP contribution in [0.3, 0.4) is 0 Å². The average molecular weight is 269 g/mol. The second-order valence-electron chi connectivity index (χ2n) is 4.51. The summed E-state index contributed by atoms with van der Waals surface area (Å²) in [7, 11) is 0. The van der Waals surface area contributed by atoms with Crippen LogP contribution in [-0.2, 0) is 11.3 Å². The zero-order chi connectivity index (χ0) is 12.8. The highest BCUT2D eigenvalue weighted by atomic mass is 35.5. The molecule has 1 aliphatic rings. The van der Waals surface area contributed by atoms with Gasteiger partial charge in [0.2, 0.25) is 0 Å². The van der Waals surface area contributed by atoms with E-state index in [1.54, 1.807) is 0 Å². The highest BCUT2D eigenvalue weighted by molar-refractivity contribution is 6.30. The first-order valence-electron chi connectivity index (χ1n) is 6.63. The van der Waals surface area contributed by atoms with Gasteiger partial charge in [0.15, 0.2) is 0 Å². The Morgan fingerprint density at radius 2 is 2.22 bits per heavy atom.